The minimum absolute atomic E-state index is 0.0855. The summed E-state index contributed by atoms with van der Waals surface area (Å²) in [6.45, 7) is 6.23. The summed E-state index contributed by atoms with van der Waals surface area (Å²) in [4.78, 5) is 64.7. The molecule has 0 radical (unpaired) electrons. The first-order chi connectivity index (χ1) is 19.8. The van der Waals surface area contributed by atoms with Gasteiger partial charge in [0.15, 0.2) is 5.82 Å². The quantitative estimate of drug-likeness (QED) is 0.428. The van der Waals surface area contributed by atoms with E-state index in [-0.39, 0.29) is 51.3 Å². The van der Waals surface area contributed by atoms with E-state index in [0.29, 0.717) is 31.3 Å². The molecular formula is C28H36N6O7. The minimum Gasteiger partial charge on any atom is -0.481 e. The van der Waals surface area contributed by atoms with Gasteiger partial charge in [-0.1, -0.05) is 30.3 Å². The number of nitrogens with one attached hydrogen (secondary N) is 1. The number of rotatable bonds is 10. The Morgan fingerprint density at radius 3 is 2.34 bits per heavy atom. The molecule has 0 bridgehead atoms. The van der Waals surface area contributed by atoms with Gasteiger partial charge in [-0.05, 0) is 19.4 Å². The van der Waals surface area contributed by atoms with Crippen LogP contribution in [-0.4, -0.2) is 119 Å². The van der Waals surface area contributed by atoms with Crippen molar-refractivity contribution in [2.24, 2.45) is 0 Å². The Hall–Kier alpha value is -4.10. The van der Waals surface area contributed by atoms with Crippen LogP contribution in [0.2, 0.25) is 0 Å². The molecule has 0 unspecified atom stereocenters. The van der Waals surface area contributed by atoms with Crippen molar-refractivity contribution in [1.29, 1.82) is 0 Å². The molecule has 13 nitrogen and oxygen atoms in total. The number of carbonyl (C=O) groups is 4. The zero-order valence-electron chi connectivity index (χ0n) is 23.2. The van der Waals surface area contributed by atoms with Crippen molar-refractivity contribution >= 4 is 23.9 Å². The number of hydrogen-bond acceptors (Lipinski definition) is 9. The lowest BCUT2D eigenvalue weighted by Crippen LogP contribution is -2.56. The van der Waals surface area contributed by atoms with Gasteiger partial charge in [0, 0.05) is 57.8 Å². The topological polar surface area (TPSA) is 154 Å². The normalized spacial score (nSPS) is 16.6. The van der Waals surface area contributed by atoms with Crippen molar-refractivity contribution in [2.45, 2.75) is 32.4 Å². The molecule has 0 aliphatic carbocycles. The van der Waals surface area contributed by atoms with Crippen molar-refractivity contribution in [3.63, 3.8) is 0 Å². The Morgan fingerprint density at radius 1 is 1.00 bits per heavy atom. The van der Waals surface area contributed by atoms with Gasteiger partial charge in [0.25, 0.3) is 5.91 Å². The lowest BCUT2D eigenvalue weighted by atomic mass is 10.1. The second-order valence-electron chi connectivity index (χ2n) is 9.79. The van der Waals surface area contributed by atoms with E-state index in [4.69, 9.17) is 14.5 Å². The van der Waals surface area contributed by atoms with Crippen LogP contribution in [0.3, 0.4) is 0 Å². The van der Waals surface area contributed by atoms with Crippen molar-refractivity contribution < 1.29 is 33.8 Å². The molecule has 2 fully saturated rings. The van der Waals surface area contributed by atoms with E-state index in [0.717, 1.165) is 18.7 Å². The smallest absolute Gasteiger partial charge is 0.409 e. The van der Waals surface area contributed by atoms with Gasteiger partial charge in [-0.2, -0.15) is 0 Å². The number of aliphatic carboxylic acids is 1. The zero-order valence-corrected chi connectivity index (χ0v) is 23.2. The Balaban J connectivity index is 1.52. The average Bonchev–Trinajstić information content (AvgIpc) is 2.99. The second kappa shape index (κ2) is 14.5. The highest BCUT2D eigenvalue weighted by Gasteiger charge is 2.31. The fourth-order valence-corrected chi connectivity index (χ4v) is 4.70. The molecule has 1 atom stereocenters. The number of piperazine rings is 1. The number of benzene rings is 1. The fourth-order valence-electron chi connectivity index (χ4n) is 4.70. The molecule has 3 amide bonds. The standard InChI is InChI=1S/C28H36N6O7/c1-2-41-28(39)34-12-10-33(11-13-34)27(38)22(8-9-24(35)36)31-26(37)23-18-21(19-32-14-16-40-17-15-32)29-25(30-23)20-6-4-3-5-7-20/h3-7,18,22H,2,8-17,19H2,1H3,(H,31,37)(H,35,36)/t22-/m0/s1. The molecule has 0 spiro atoms. The van der Waals surface area contributed by atoms with Crippen LogP contribution in [0.4, 0.5) is 4.79 Å². The van der Waals surface area contributed by atoms with Crippen molar-refractivity contribution in [1.82, 2.24) is 30.0 Å². The summed E-state index contributed by atoms with van der Waals surface area (Å²) in [5.41, 5.74) is 1.47. The summed E-state index contributed by atoms with van der Waals surface area (Å²) >= 11 is 0. The van der Waals surface area contributed by atoms with E-state index in [9.17, 15) is 24.3 Å². The van der Waals surface area contributed by atoms with Gasteiger partial charge < -0.3 is 29.7 Å². The molecular weight excluding hydrogens is 532 g/mol. The first kappa shape index (κ1) is 29.9. The predicted octanol–water partition coefficient (Wildman–Crippen LogP) is 1.24. The highest BCUT2D eigenvalue weighted by atomic mass is 16.6. The van der Waals surface area contributed by atoms with Gasteiger partial charge in [0.05, 0.1) is 25.5 Å². The highest BCUT2D eigenvalue weighted by molar-refractivity contribution is 5.96. The Labute approximate surface area is 238 Å². The lowest BCUT2D eigenvalue weighted by molar-refractivity contribution is -0.138. The van der Waals surface area contributed by atoms with E-state index in [1.165, 1.54) is 9.80 Å². The number of aromatic nitrogens is 2. The molecule has 3 heterocycles. The van der Waals surface area contributed by atoms with Crippen LogP contribution in [0.15, 0.2) is 36.4 Å². The van der Waals surface area contributed by atoms with Gasteiger partial charge >= 0.3 is 12.1 Å². The number of amides is 3. The first-order valence-electron chi connectivity index (χ1n) is 13.8. The van der Waals surface area contributed by atoms with Crippen LogP contribution in [-0.2, 0) is 25.6 Å². The minimum atomic E-state index is -1.08. The molecule has 2 aliphatic heterocycles. The fraction of sp³-hybridized carbons (Fsp3) is 0.500. The molecule has 2 aliphatic rings. The number of hydrogen-bond donors (Lipinski definition) is 2. The van der Waals surface area contributed by atoms with Crippen LogP contribution >= 0.6 is 0 Å². The van der Waals surface area contributed by atoms with E-state index in [1.807, 2.05) is 30.3 Å². The van der Waals surface area contributed by atoms with Crippen molar-refractivity contribution in [3.05, 3.63) is 47.8 Å². The zero-order chi connectivity index (χ0) is 29.2. The molecule has 2 saturated heterocycles. The van der Waals surface area contributed by atoms with Crippen molar-refractivity contribution in [3.8, 4) is 11.4 Å². The Morgan fingerprint density at radius 2 is 1.68 bits per heavy atom. The molecule has 2 aromatic rings. The van der Waals surface area contributed by atoms with Gasteiger partial charge in [-0.3, -0.25) is 19.3 Å². The Bertz CT molecular complexity index is 1210. The van der Waals surface area contributed by atoms with E-state index < -0.39 is 29.9 Å². The molecule has 0 saturated carbocycles. The monoisotopic (exact) mass is 568 g/mol. The third kappa shape index (κ3) is 8.44. The van der Waals surface area contributed by atoms with Gasteiger partial charge in [0.1, 0.15) is 11.7 Å². The van der Waals surface area contributed by atoms with E-state index >= 15 is 0 Å². The maximum atomic E-state index is 13.5. The largest absolute Gasteiger partial charge is 0.481 e. The third-order valence-corrected chi connectivity index (χ3v) is 6.90. The molecule has 2 N–H and O–H groups in total. The lowest BCUT2D eigenvalue weighted by Gasteiger charge is -2.35. The summed E-state index contributed by atoms with van der Waals surface area (Å²) in [7, 11) is 0. The highest BCUT2D eigenvalue weighted by Crippen LogP contribution is 2.18. The number of nitrogens with zero attached hydrogens (tertiary/aromatic N) is 5. The summed E-state index contributed by atoms with van der Waals surface area (Å²) in [5.74, 6) is -1.70. The number of morpholine rings is 1. The van der Waals surface area contributed by atoms with E-state index in [2.05, 4.69) is 15.2 Å². The van der Waals surface area contributed by atoms with Gasteiger partial charge in [-0.25, -0.2) is 14.8 Å². The van der Waals surface area contributed by atoms with E-state index in [1.54, 1.807) is 13.0 Å². The summed E-state index contributed by atoms with van der Waals surface area (Å²) in [6, 6.07) is 9.82. The van der Waals surface area contributed by atoms with Gasteiger partial charge in [-0.15, -0.1) is 0 Å². The SMILES string of the molecule is CCOC(=O)N1CCN(C(=O)[C@H](CCC(=O)O)NC(=O)c2cc(CN3CCOCC3)nc(-c3ccccc3)n2)CC1. The third-order valence-electron chi connectivity index (χ3n) is 6.90. The molecule has 220 valence electrons. The molecule has 13 heteroatoms. The number of carboxylic acid groups (broad SMARTS) is 1. The molecule has 41 heavy (non-hydrogen) atoms. The van der Waals surface area contributed by atoms with Crippen LogP contribution in [0, 0.1) is 0 Å². The number of ether oxygens (including phenoxy) is 2. The van der Waals surface area contributed by atoms with Crippen LogP contribution < -0.4 is 5.32 Å². The second-order valence-corrected chi connectivity index (χ2v) is 9.79. The predicted molar refractivity (Wildman–Crippen MR) is 147 cm³/mol. The maximum Gasteiger partial charge on any atom is 0.409 e. The van der Waals surface area contributed by atoms with Crippen LogP contribution in [0.1, 0.15) is 35.9 Å². The van der Waals surface area contributed by atoms with Crippen molar-refractivity contribution in [2.75, 3.05) is 59.1 Å². The summed E-state index contributed by atoms with van der Waals surface area (Å²) in [6.07, 6.45) is -0.836. The van der Waals surface area contributed by atoms with Crippen LogP contribution in [0.5, 0.6) is 0 Å². The first-order valence-corrected chi connectivity index (χ1v) is 13.8. The molecule has 1 aromatic heterocycles. The maximum absolute atomic E-state index is 13.5. The molecule has 4 rings (SSSR count). The number of carboxylic acids is 1. The average molecular weight is 569 g/mol. The van der Waals surface area contributed by atoms with Gasteiger partial charge in [0.2, 0.25) is 5.91 Å². The molecule has 1 aromatic carbocycles. The van der Waals surface area contributed by atoms with Crippen LogP contribution in [0.25, 0.3) is 11.4 Å². The summed E-state index contributed by atoms with van der Waals surface area (Å²) in [5, 5.41) is 12.0. The summed E-state index contributed by atoms with van der Waals surface area (Å²) < 4.78 is 10.5. The Kier molecular flexibility index (Phi) is 10.6. The number of carbonyl (C=O) groups excluding carboxylic acids is 3.